The minimum absolute atomic E-state index is 0.343. The molecular weight excluding hydrogens is 496 g/mol. The number of anilines is 2. The van der Waals surface area contributed by atoms with Crippen LogP contribution in [0.15, 0.2) is 143 Å². The molecule has 40 heavy (non-hydrogen) atoms. The summed E-state index contributed by atoms with van der Waals surface area (Å²) in [7, 11) is 0. The molecule has 0 spiro atoms. The molecule has 5 rings (SSSR count). The molecule has 0 aromatic heterocycles. The van der Waals surface area contributed by atoms with Gasteiger partial charge in [0.25, 0.3) is 11.8 Å². The van der Waals surface area contributed by atoms with Gasteiger partial charge in [0.1, 0.15) is 0 Å². The van der Waals surface area contributed by atoms with E-state index in [1.165, 1.54) is 0 Å². The smallest absolute Gasteiger partial charge is 0.255 e. The van der Waals surface area contributed by atoms with Crippen molar-refractivity contribution in [3.05, 3.63) is 156 Å². The van der Waals surface area contributed by atoms with Gasteiger partial charge >= 0.3 is 0 Å². The zero-order valence-corrected chi connectivity index (χ0v) is 21.6. The fourth-order valence-corrected chi connectivity index (χ4v) is 3.94. The van der Waals surface area contributed by atoms with Crippen molar-refractivity contribution in [2.24, 2.45) is 9.98 Å². The molecule has 2 amide bonds. The van der Waals surface area contributed by atoms with Gasteiger partial charge in [-0.2, -0.15) is 0 Å². The quantitative estimate of drug-likeness (QED) is 0.205. The van der Waals surface area contributed by atoms with Crippen molar-refractivity contribution in [3.8, 4) is 0 Å². The zero-order chi connectivity index (χ0) is 27.6. The minimum Gasteiger partial charge on any atom is -0.320 e. The molecule has 5 aromatic rings. The lowest BCUT2D eigenvalue weighted by Crippen LogP contribution is -2.15. The van der Waals surface area contributed by atoms with E-state index in [0.29, 0.717) is 33.9 Å². The Morgan fingerprint density at radius 3 is 1.32 bits per heavy atom. The molecule has 194 valence electrons. The van der Waals surface area contributed by atoms with Crippen LogP contribution in [0, 0.1) is 0 Å². The molecule has 0 unspecified atom stereocenters. The summed E-state index contributed by atoms with van der Waals surface area (Å²) < 4.78 is 0. The van der Waals surface area contributed by atoms with Crippen LogP contribution < -0.4 is 10.6 Å². The van der Waals surface area contributed by atoms with E-state index >= 15 is 0 Å². The van der Waals surface area contributed by atoms with E-state index in [1.807, 2.05) is 97.1 Å². The standard InChI is InChI=1S/C34H26N4O2/c39-33(37-31-20-9-7-18-29(31)35-23-25-12-3-1-4-13-25)27-16-11-17-28(22-27)34(40)38-32-21-10-8-19-30(32)36-24-26-14-5-2-6-15-26/h1-24H,(H,37,39)(H,38,40). The summed E-state index contributed by atoms with van der Waals surface area (Å²) in [6.45, 7) is 0. The van der Waals surface area contributed by atoms with Gasteiger partial charge in [0, 0.05) is 23.6 Å². The molecule has 0 fully saturated rings. The Kier molecular flexibility index (Phi) is 8.29. The van der Waals surface area contributed by atoms with E-state index in [9.17, 15) is 9.59 Å². The van der Waals surface area contributed by atoms with Crippen molar-refractivity contribution in [1.29, 1.82) is 0 Å². The number of carbonyl (C=O) groups excluding carboxylic acids is 2. The maximum atomic E-state index is 13.1. The number of nitrogens with one attached hydrogen (secondary N) is 2. The third kappa shape index (κ3) is 6.82. The van der Waals surface area contributed by atoms with Crippen LogP contribution in [0.4, 0.5) is 22.7 Å². The monoisotopic (exact) mass is 522 g/mol. The van der Waals surface area contributed by atoms with E-state index in [4.69, 9.17) is 0 Å². The van der Waals surface area contributed by atoms with Crippen LogP contribution >= 0.6 is 0 Å². The number of carbonyl (C=O) groups is 2. The number of nitrogens with zero attached hydrogens (tertiary/aromatic N) is 2. The van der Waals surface area contributed by atoms with E-state index in [0.717, 1.165) is 11.1 Å². The van der Waals surface area contributed by atoms with Gasteiger partial charge in [-0.3, -0.25) is 19.6 Å². The van der Waals surface area contributed by atoms with E-state index in [-0.39, 0.29) is 11.8 Å². The number of amides is 2. The van der Waals surface area contributed by atoms with Crippen molar-refractivity contribution in [3.63, 3.8) is 0 Å². The molecule has 0 saturated carbocycles. The molecule has 0 heterocycles. The second kappa shape index (κ2) is 12.8. The Labute approximate surface area is 232 Å². The van der Waals surface area contributed by atoms with Crippen LogP contribution in [0.3, 0.4) is 0 Å². The third-order valence-corrected chi connectivity index (χ3v) is 6.00. The maximum Gasteiger partial charge on any atom is 0.255 e. The topological polar surface area (TPSA) is 82.9 Å². The van der Waals surface area contributed by atoms with Crippen LogP contribution in [0.1, 0.15) is 31.8 Å². The summed E-state index contributed by atoms with van der Waals surface area (Å²) in [5, 5.41) is 5.83. The highest BCUT2D eigenvalue weighted by atomic mass is 16.2. The fraction of sp³-hybridized carbons (Fsp3) is 0. The highest BCUT2D eigenvalue weighted by Crippen LogP contribution is 2.26. The van der Waals surface area contributed by atoms with E-state index in [1.54, 1.807) is 48.8 Å². The van der Waals surface area contributed by atoms with Crippen LogP contribution in [-0.2, 0) is 0 Å². The normalized spacial score (nSPS) is 11.0. The van der Waals surface area contributed by atoms with Crippen molar-refractivity contribution < 1.29 is 9.59 Å². The average molecular weight is 523 g/mol. The van der Waals surface area contributed by atoms with Crippen LogP contribution in [0.25, 0.3) is 0 Å². The molecule has 0 atom stereocenters. The van der Waals surface area contributed by atoms with Gasteiger partial charge in [0.2, 0.25) is 0 Å². The van der Waals surface area contributed by atoms with Gasteiger partial charge in [0.15, 0.2) is 0 Å². The lowest BCUT2D eigenvalue weighted by Gasteiger charge is -2.10. The summed E-state index contributed by atoms with van der Waals surface area (Å²) in [5.41, 5.74) is 5.00. The molecule has 6 heteroatoms. The van der Waals surface area contributed by atoms with Gasteiger partial charge in [0.05, 0.1) is 22.7 Å². The first-order chi connectivity index (χ1) is 19.7. The van der Waals surface area contributed by atoms with Crippen molar-refractivity contribution in [1.82, 2.24) is 0 Å². The molecule has 5 aromatic carbocycles. The van der Waals surface area contributed by atoms with Crippen molar-refractivity contribution in [2.75, 3.05) is 10.6 Å². The molecule has 0 bridgehead atoms. The highest BCUT2D eigenvalue weighted by molar-refractivity contribution is 6.10. The Morgan fingerprint density at radius 2 is 0.875 bits per heavy atom. The third-order valence-electron chi connectivity index (χ3n) is 6.00. The molecule has 0 radical (unpaired) electrons. The Morgan fingerprint density at radius 1 is 0.475 bits per heavy atom. The summed E-state index contributed by atoms with van der Waals surface area (Å²) >= 11 is 0. The van der Waals surface area contributed by atoms with E-state index in [2.05, 4.69) is 20.6 Å². The van der Waals surface area contributed by atoms with Crippen LogP contribution in [0.5, 0.6) is 0 Å². The van der Waals surface area contributed by atoms with Gasteiger partial charge in [-0.15, -0.1) is 0 Å². The van der Waals surface area contributed by atoms with E-state index < -0.39 is 0 Å². The predicted octanol–water partition coefficient (Wildman–Crippen LogP) is 7.69. The number of hydrogen-bond donors (Lipinski definition) is 2. The first kappa shape index (κ1) is 26.0. The Balaban J connectivity index is 1.30. The van der Waals surface area contributed by atoms with Gasteiger partial charge in [-0.1, -0.05) is 91.0 Å². The van der Waals surface area contributed by atoms with Gasteiger partial charge in [-0.25, -0.2) is 0 Å². The molecule has 0 saturated heterocycles. The lowest BCUT2D eigenvalue weighted by molar-refractivity contribution is 0.102. The maximum absolute atomic E-state index is 13.1. The number of hydrogen-bond acceptors (Lipinski definition) is 4. The second-order valence-corrected chi connectivity index (χ2v) is 8.86. The van der Waals surface area contributed by atoms with Crippen LogP contribution in [0.2, 0.25) is 0 Å². The average Bonchev–Trinajstić information content (AvgIpc) is 3.01. The second-order valence-electron chi connectivity index (χ2n) is 8.86. The predicted molar refractivity (Wildman–Crippen MR) is 163 cm³/mol. The fourth-order valence-electron chi connectivity index (χ4n) is 3.94. The number of benzene rings is 5. The van der Waals surface area contributed by atoms with Crippen molar-refractivity contribution >= 4 is 47.0 Å². The largest absolute Gasteiger partial charge is 0.320 e. The first-order valence-electron chi connectivity index (χ1n) is 12.7. The van der Waals surface area contributed by atoms with Crippen molar-refractivity contribution in [2.45, 2.75) is 0 Å². The molecule has 0 aliphatic carbocycles. The summed E-state index contributed by atoms with van der Waals surface area (Å²) in [6, 6.07) is 40.7. The number of para-hydroxylation sites is 4. The SMILES string of the molecule is O=C(Nc1ccccc1N=Cc1ccccc1)c1cccc(C(=O)Nc2ccccc2N=Cc2ccccc2)c1. The number of aliphatic imine (C=N–C) groups is 2. The molecule has 0 aliphatic rings. The highest BCUT2D eigenvalue weighted by Gasteiger charge is 2.13. The Hall–Kier alpha value is -5.62. The lowest BCUT2D eigenvalue weighted by atomic mass is 10.1. The molecule has 0 aliphatic heterocycles. The molecule has 2 N–H and O–H groups in total. The summed E-state index contributed by atoms with van der Waals surface area (Å²) in [6.07, 6.45) is 3.50. The molecular formula is C34H26N4O2. The van der Waals surface area contributed by atoms with Gasteiger partial charge < -0.3 is 10.6 Å². The first-order valence-corrected chi connectivity index (χ1v) is 12.7. The zero-order valence-electron chi connectivity index (χ0n) is 21.6. The van der Waals surface area contributed by atoms with Crippen LogP contribution in [-0.4, -0.2) is 24.2 Å². The summed E-state index contributed by atoms with van der Waals surface area (Å²) in [5.74, 6) is -0.685. The summed E-state index contributed by atoms with van der Waals surface area (Å²) in [4.78, 5) is 35.4. The Bertz CT molecular complexity index is 1560. The minimum atomic E-state index is -0.343. The number of rotatable bonds is 8. The molecule has 6 nitrogen and oxygen atoms in total. The van der Waals surface area contributed by atoms with Gasteiger partial charge in [-0.05, 0) is 53.6 Å².